The Balaban J connectivity index is 2.05. The van der Waals surface area contributed by atoms with Gasteiger partial charge in [-0.15, -0.1) is 0 Å². The summed E-state index contributed by atoms with van der Waals surface area (Å²) >= 11 is 0. The minimum atomic E-state index is -0.193. The van der Waals surface area contributed by atoms with Crippen LogP contribution < -0.4 is 0 Å². The second-order valence-electron chi connectivity index (χ2n) is 5.51. The van der Waals surface area contributed by atoms with Crippen molar-refractivity contribution in [1.29, 1.82) is 0 Å². The number of aliphatic hydroxyl groups excluding tert-OH is 1. The van der Waals surface area contributed by atoms with Crippen molar-refractivity contribution in [1.82, 2.24) is 4.90 Å². The Morgan fingerprint density at radius 3 is 2.59 bits per heavy atom. The molecule has 1 saturated heterocycles. The largest absolute Gasteiger partial charge is 0.393 e. The number of rotatable bonds is 2. The first-order chi connectivity index (χ1) is 7.97. The summed E-state index contributed by atoms with van der Waals surface area (Å²) in [7, 11) is 0. The van der Waals surface area contributed by atoms with Crippen LogP contribution in [0.25, 0.3) is 0 Å². The van der Waals surface area contributed by atoms with Crippen molar-refractivity contribution >= 4 is 0 Å². The van der Waals surface area contributed by atoms with Crippen LogP contribution in [0.2, 0.25) is 0 Å². The van der Waals surface area contributed by atoms with E-state index in [2.05, 4.69) is 18.7 Å². The molecule has 0 bridgehead atoms. The number of hydrogen-bond donors (Lipinski definition) is 1. The maximum absolute atomic E-state index is 12.8. The smallest absolute Gasteiger partial charge is 0.123 e. The highest BCUT2D eigenvalue weighted by Gasteiger charge is 2.33. The summed E-state index contributed by atoms with van der Waals surface area (Å²) in [6.07, 6.45) is 1.44. The van der Waals surface area contributed by atoms with Crippen LogP contribution in [0.15, 0.2) is 24.3 Å². The minimum Gasteiger partial charge on any atom is -0.393 e. The van der Waals surface area contributed by atoms with Crippen molar-refractivity contribution in [2.45, 2.75) is 44.9 Å². The zero-order chi connectivity index (χ0) is 12.5. The van der Waals surface area contributed by atoms with Crippen LogP contribution in [0, 0.1) is 5.82 Å². The van der Waals surface area contributed by atoms with Crippen LogP contribution >= 0.6 is 0 Å². The lowest BCUT2D eigenvalue weighted by atomic mass is 9.88. The number of halogens is 1. The van der Waals surface area contributed by atoms with E-state index in [1.54, 1.807) is 0 Å². The predicted octanol–water partition coefficient (Wildman–Crippen LogP) is 2.56. The Kier molecular flexibility index (Phi) is 3.50. The molecule has 1 aromatic rings. The molecule has 0 saturated carbocycles. The molecule has 0 aromatic heterocycles. The van der Waals surface area contributed by atoms with Gasteiger partial charge in [0.2, 0.25) is 0 Å². The maximum Gasteiger partial charge on any atom is 0.123 e. The lowest BCUT2D eigenvalue weighted by molar-refractivity contribution is -0.00717. The summed E-state index contributed by atoms with van der Waals surface area (Å²) in [4.78, 5) is 2.35. The van der Waals surface area contributed by atoms with E-state index in [0.717, 1.165) is 31.5 Å². The first kappa shape index (κ1) is 12.5. The minimum absolute atomic E-state index is 0.00600. The molecule has 1 atom stereocenters. The lowest BCUT2D eigenvalue weighted by Crippen LogP contribution is -2.50. The third kappa shape index (κ3) is 3.05. The average Bonchev–Trinajstić information content (AvgIpc) is 2.24. The molecule has 1 heterocycles. The highest BCUT2D eigenvalue weighted by Crippen LogP contribution is 2.29. The van der Waals surface area contributed by atoms with E-state index < -0.39 is 0 Å². The van der Waals surface area contributed by atoms with Gasteiger partial charge < -0.3 is 5.11 Å². The molecular formula is C14H20FNO. The second-order valence-corrected chi connectivity index (χ2v) is 5.51. The van der Waals surface area contributed by atoms with Crippen molar-refractivity contribution in [3.63, 3.8) is 0 Å². The number of aliphatic hydroxyl groups is 1. The second kappa shape index (κ2) is 4.75. The monoisotopic (exact) mass is 237 g/mol. The molecule has 2 nitrogen and oxygen atoms in total. The Bertz CT molecular complexity index is 374. The van der Waals surface area contributed by atoms with E-state index in [4.69, 9.17) is 0 Å². The van der Waals surface area contributed by atoms with Gasteiger partial charge in [0.1, 0.15) is 5.82 Å². The molecule has 0 aliphatic carbocycles. The zero-order valence-corrected chi connectivity index (χ0v) is 10.5. The summed E-state index contributed by atoms with van der Waals surface area (Å²) in [6, 6.07) is 6.66. The van der Waals surface area contributed by atoms with Gasteiger partial charge in [-0.3, -0.25) is 4.90 Å². The third-order valence-electron chi connectivity index (χ3n) is 3.61. The van der Waals surface area contributed by atoms with E-state index in [-0.39, 0.29) is 17.5 Å². The summed E-state index contributed by atoms with van der Waals surface area (Å²) in [5.41, 5.74) is 1.13. The van der Waals surface area contributed by atoms with Crippen molar-refractivity contribution in [2.24, 2.45) is 0 Å². The van der Waals surface area contributed by atoms with Gasteiger partial charge in [-0.1, -0.05) is 12.1 Å². The number of hydrogen-bond acceptors (Lipinski definition) is 2. The lowest BCUT2D eigenvalue weighted by Gasteiger charge is -2.44. The fourth-order valence-electron chi connectivity index (χ4n) is 2.52. The van der Waals surface area contributed by atoms with Crippen molar-refractivity contribution in [3.8, 4) is 0 Å². The van der Waals surface area contributed by atoms with Crippen LogP contribution in [0.5, 0.6) is 0 Å². The van der Waals surface area contributed by atoms with Crippen LogP contribution in [0.4, 0.5) is 4.39 Å². The maximum atomic E-state index is 12.8. The van der Waals surface area contributed by atoms with Gasteiger partial charge in [-0.2, -0.15) is 0 Å². The number of nitrogens with zero attached hydrogens (tertiary/aromatic N) is 1. The van der Waals surface area contributed by atoms with Gasteiger partial charge in [-0.05, 0) is 44.4 Å². The third-order valence-corrected chi connectivity index (χ3v) is 3.61. The van der Waals surface area contributed by atoms with E-state index in [0.29, 0.717) is 0 Å². The summed E-state index contributed by atoms with van der Waals surface area (Å²) in [5, 5.41) is 9.69. The van der Waals surface area contributed by atoms with Crippen LogP contribution in [0.3, 0.4) is 0 Å². The standard InChI is InChI=1S/C14H20FNO/c1-14(2)9-13(17)7-8-16(14)10-11-3-5-12(15)6-4-11/h3-6,13,17H,7-10H2,1-2H3. The molecule has 1 unspecified atom stereocenters. The molecule has 1 aliphatic rings. The number of likely N-dealkylation sites (tertiary alicyclic amines) is 1. The van der Waals surface area contributed by atoms with E-state index in [1.807, 2.05) is 12.1 Å². The van der Waals surface area contributed by atoms with Crippen molar-refractivity contribution < 1.29 is 9.50 Å². The highest BCUT2D eigenvalue weighted by molar-refractivity contribution is 5.16. The topological polar surface area (TPSA) is 23.5 Å². The quantitative estimate of drug-likeness (QED) is 0.854. The Morgan fingerprint density at radius 2 is 2.00 bits per heavy atom. The van der Waals surface area contributed by atoms with Crippen molar-refractivity contribution in [3.05, 3.63) is 35.6 Å². The van der Waals surface area contributed by atoms with Gasteiger partial charge >= 0.3 is 0 Å². The van der Waals surface area contributed by atoms with Gasteiger partial charge in [-0.25, -0.2) is 4.39 Å². The van der Waals surface area contributed by atoms with Crippen LogP contribution in [0.1, 0.15) is 32.3 Å². The molecule has 0 amide bonds. The molecule has 0 radical (unpaired) electrons. The Labute approximate surface area is 102 Å². The molecule has 1 aromatic carbocycles. The zero-order valence-electron chi connectivity index (χ0n) is 10.5. The number of piperidine rings is 1. The Hall–Kier alpha value is -0.930. The molecule has 3 heteroatoms. The highest BCUT2D eigenvalue weighted by atomic mass is 19.1. The van der Waals surface area contributed by atoms with Gasteiger partial charge in [0.15, 0.2) is 0 Å². The molecule has 17 heavy (non-hydrogen) atoms. The van der Waals surface area contributed by atoms with Gasteiger partial charge in [0, 0.05) is 18.6 Å². The normalized spacial score (nSPS) is 24.8. The first-order valence-electron chi connectivity index (χ1n) is 6.15. The average molecular weight is 237 g/mol. The SMILES string of the molecule is CC1(C)CC(O)CCN1Cc1ccc(F)cc1. The summed E-state index contributed by atoms with van der Waals surface area (Å²) in [5.74, 6) is -0.193. The fourth-order valence-corrected chi connectivity index (χ4v) is 2.52. The first-order valence-corrected chi connectivity index (χ1v) is 6.15. The van der Waals surface area contributed by atoms with Crippen LogP contribution in [-0.4, -0.2) is 28.2 Å². The molecule has 1 aliphatic heterocycles. The predicted molar refractivity (Wildman–Crippen MR) is 66.1 cm³/mol. The van der Waals surface area contributed by atoms with Gasteiger partial charge in [0.25, 0.3) is 0 Å². The van der Waals surface area contributed by atoms with Gasteiger partial charge in [0.05, 0.1) is 6.10 Å². The van der Waals surface area contributed by atoms with E-state index >= 15 is 0 Å². The molecule has 1 N–H and O–H groups in total. The molecular weight excluding hydrogens is 217 g/mol. The van der Waals surface area contributed by atoms with Crippen LogP contribution in [-0.2, 0) is 6.54 Å². The molecule has 0 spiro atoms. The fraction of sp³-hybridized carbons (Fsp3) is 0.571. The van der Waals surface area contributed by atoms with E-state index in [9.17, 15) is 9.50 Å². The molecule has 2 rings (SSSR count). The van der Waals surface area contributed by atoms with E-state index in [1.165, 1.54) is 12.1 Å². The molecule has 1 fully saturated rings. The summed E-state index contributed by atoms with van der Waals surface area (Å²) < 4.78 is 12.8. The number of benzene rings is 1. The molecule has 94 valence electrons. The Morgan fingerprint density at radius 1 is 1.35 bits per heavy atom. The van der Waals surface area contributed by atoms with Crippen molar-refractivity contribution in [2.75, 3.05) is 6.54 Å². The summed E-state index contributed by atoms with van der Waals surface area (Å²) in [6.45, 7) is 6.02.